The zero-order valence-corrected chi connectivity index (χ0v) is 9.86. The van der Waals surface area contributed by atoms with E-state index in [2.05, 4.69) is 10.2 Å². The zero-order valence-electron chi connectivity index (χ0n) is 9.86. The Morgan fingerprint density at radius 2 is 2.06 bits per heavy atom. The molecule has 5 heteroatoms. The molecule has 2 rings (SSSR count). The van der Waals surface area contributed by atoms with Crippen LogP contribution in [0, 0.1) is 0 Å². The molecular weight excluding hydrogens is 218 g/mol. The number of nitrogens with one attached hydrogen (secondary N) is 1. The van der Waals surface area contributed by atoms with E-state index in [-0.39, 0.29) is 0 Å². The highest BCUT2D eigenvalue weighted by molar-refractivity contribution is 5.43. The van der Waals surface area contributed by atoms with E-state index in [0.29, 0.717) is 12.2 Å². The maximum atomic E-state index is 5.56. The third-order valence-electron chi connectivity index (χ3n) is 2.52. The topological polar surface area (TPSA) is 73.2 Å². The van der Waals surface area contributed by atoms with Crippen LogP contribution in [0.1, 0.15) is 11.3 Å². The summed E-state index contributed by atoms with van der Waals surface area (Å²) in [6, 6.07) is 7.49. The molecule has 1 aromatic heterocycles. The molecule has 0 atom stereocenters. The van der Waals surface area contributed by atoms with Crippen LogP contribution >= 0.6 is 0 Å². The van der Waals surface area contributed by atoms with Gasteiger partial charge in [0.05, 0.1) is 14.2 Å². The molecule has 0 fully saturated rings. The van der Waals surface area contributed by atoms with Gasteiger partial charge in [-0.3, -0.25) is 5.10 Å². The molecule has 1 heterocycles. The molecule has 0 aliphatic carbocycles. The van der Waals surface area contributed by atoms with E-state index in [4.69, 9.17) is 15.2 Å². The zero-order chi connectivity index (χ0) is 12.3. The number of nitrogen functional groups attached to an aromatic ring is 1. The first-order valence-corrected chi connectivity index (χ1v) is 5.23. The number of aromatic nitrogens is 2. The van der Waals surface area contributed by atoms with Gasteiger partial charge in [-0.2, -0.15) is 5.10 Å². The number of H-pyrrole nitrogens is 1. The normalized spacial score (nSPS) is 10.2. The number of hydrogen-bond donors (Lipinski definition) is 2. The van der Waals surface area contributed by atoms with Gasteiger partial charge in [-0.1, -0.05) is 0 Å². The standard InChI is InChI=1S/C12H15N3O2/c1-16-10-3-4-11(17-2)8(6-10)5-9-7-12(13)15-14-9/h3-4,6-7H,5H2,1-2H3,(H3,13,14,15). The van der Waals surface area contributed by atoms with Gasteiger partial charge in [0.15, 0.2) is 0 Å². The van der Waals surface area contributed by atoms with E-state index < -0.39 is 0 Å². The van der Waals surface area contributed by atoms with Crippen LogP contribution in [0.4, 0.5) is 5.82 Å². The number of benzene rings is 1. The van der Waals surface area contributed by atoms with Gasteiger partial charge in [-0.25, -0.2) is 0 Å². The van der Waals surface area contributed by atoms with Crippen LogP contribution in [-0.2, 0) is 6.42 Å². The molecule has 0 unspecified atom stereocenters. The number of nitrogens with two attached hydrogens (primary N) is 1. The summed E-state index contributed by atoms with van der Waals surface area (Å²) in [7, 11) is 3.28. The molecule has 0 saturated carbocycles. The fourth-order valence-corrected chi connectivity index (χ4v) is 1.70. The minimum Gasteiger partial charge on any atom is -0.497 e. The third kappa shape index (κ3) is 2.50. The first-order valence-electron chi connectivity index (χ1n) is 5.23. The number of nitrogens with zero attached hydrogens (tertiary/aromatic N) is 1. The highest BCUT2D eigenvalue weighted by Gasteiger charge is 2.07. The van der Waals surface area contributed by atoms with Gasteiger partial charge in [0.1, 0.15) is 17.3 Å². The SMILES string of the molecule is COc1ccc(OC)c(Cc2cc(N)n[nH]2)c1. The molecule has 17 heavy (non-hydrogen) atoms. The lowest BCUT2D eigenvalue weighted by Crippen LogP contribution is -1.95. The van der Waals surface area contributed by atoms with Gasteiger partial charge in [-0.15, -0.1) is 0 Å². The monoisotopic (exact) mass is 233 g/mol. The molecule has 2 aromatic rings. The minimum absolute atomic E-state index is 0.488. The molecule has 5 nitrogen and oxygen atoms in total. The maximum absolute atomic E-state index is 5.56. The second kappa shape index (κ2) is 4.78. The van der Waals surface area contributed by atoms with Crippen LogP contribution in [0.5, 0.6) is 11.5 Å². The Labute approximate surface area is 99.5 Å². The molecule has 0 aliphatic heterocycles. The van der Waals surface area contributed by atoms with Crippen LogP contribution in [0.3, 0.4) is 0 Å². The fourth-order valence-electron chi connectivity index (χ4n) is 1.70. The number of hydrogen-bond acceptors (Lipinski definition) is 4. The molecule has 0 saturated heterocycles. The van der Waals surface area contributed by atoms with E-state index >= 15 is 0 Å². The Bertz CT molecular complexity index is 508. The van der Waals surface area contributed by atoms with E-state index in [9.17, 15) is 0 Å². The molecule has 0 aliphatic rings. The van der Waals surface area contributed by atoms with Crippen LogP contribution in [0.25, 0.3) is 0 Å². The largest absolute Gasteiger partial charge is 0.497 e. The highest BCUT2D eigenvalue weighted by Crippen LogP contribution is 2.26. The lowest BCUT2D eigenvalue weighted by Gasteiger charge is -2.09. The van der Waals surface area contributed by atoms with Crippen molar-refractivity contribution in [3.05, 3.63) is 35.5 Å². The Balaban J connectivity index is 2.29. The van der Waals surface area contributed by atoms with E-state index in [1.807, 2.05) is 18.2 Å². The van der Waals surface area contributed by atoms with Gasteiger partial charge >= 0.3 is 0 Å². The Hall–Kier alpha value is -2.17. The summed E-state index contributed by atoms with van der Waals surface area (Å²) < 4.78 is 10.5. The first-order chi connectivity index (χ1) is 8.22. The maximum Gasteiger partial charge on any atom is 0.145 e. The molecular formula is C12H15N3O2. The first kappa shape index (κ1) is 11.3. The molecule has 0 amide bonds. The summed E-state index contributed by atoms with van der Waals surface area (Å²) >= 11 is 0. The highest BCUT2D eigenvalue weighted by atomic mass is 16.5. The molecule has 0 bridgehead atoms. The summed E-state index contributed by atoms with van der Waals surface area (Å²) in [6.45, 7) is 0. The predicted octanol–water partition coefficient (Wildman–Crippen LogP) is 1.60. The van der Waals surface area contributed by atoms with Crippen molar-refractivity contribution in [2.75, 3.05) is 20.0 Å². The number of rotatable bonds is 4. The quantitative estimate of drug-likeness (QED) is 0.841. The third-order valence-corrected chi connectivity index (χ3v) is 2.52. The van der Waals surface area contributed by atoms with Gasteiger partial charge in [0, 0.05) is 23.7 Å². The smallest absolute Gasteiger partial charge is 0.145 e. The molecule has 0 radical (unpaired) electrons. The van der Waals surface area contributed by atoms with Crippen molar-refractivity contribution in [1.29, 1.82) is 0 Å². The average molecular weight is 233 g/mol. The molecule has 3 N–H and O–H groups in total. The van der Waals surface area contributed by atoms with Crippen molar-refractivity contribution < 1.29 is 9.47 Å². The minimum atomic E-state index is 0.488. The van der Waals surface area contributed by atoms with Crippen LogP contribution in [0.15, 0.2) is 24.3 Å². The number of aromatic amines is 1. The van der Waals surface area contributed by atoms with Gasteiger partial charge in [0.25, 0.3) is 0 Å². The molecule has 0 spiro atoms. The number of anilines is 1. The van der Waals surface area contributed by atoms with E-state index in [1.54, 1.807) is 20.3 Å². The molecule has 90 valence electrons. The van der Waals surface area contributed by atoms with Crippen molar-refractivity contribution in [3.63, 3.8) is 0 Å². The fraction of sp³-hybridized carbons (Fsp3) is 0.250. The Morgan fingerprint density at radius 3 is 2.65 bits per heavy atom. The van der Waals surface area contributed by atoms with E-state index in [1.165, 1.54) is 0 Å². The van der Waals surface area contributed by atoms with Crippen LogP contribution < -0.4 is 15.2 Å². The summed E-state index contributed by atoms with van der Waals surface area (Å²) in [5.74, 6) is 2.11. The number of methoxy groups -OCH3 is 2. The van der Waals surface area contributed by atoms with Crippen molar-refractivity contribution >= 4 is 5.82 Å². The lowest BCUT2D eigenvalue weighted by molar-refractivity contribution is 0.399. The van der Waals surface area contributed by atoms with Gasteiger partial charge in [-0.05, 0) is 18.2 Å². The van der Waals surface area contributed by atoms with E-state index in [0.717, 1.165) is 22.8 Å². The van der Waals surface area contributed by atoms with Gasteiger partial charge in [0.2, 0.25) is 0 Å². The average Bonchev–Trinajstić information content (AvgIpc) is 2.74. The van der Waals surface area contributed by atoms with Crippen LogP contribution in [0.2, 0.25) is 0 Å². The summed E-state index contributed by atoms with van der Waals surface area (Å²) in [4.78, 5) is 0. The predicted molar refractivity (Wildman–Crippen MR) is 65.4 cm³/mol. The summed E-state index contributed by atoms with van der Waals surface area (Å²) in [6.07, 6.45) is 0.671. The van der Waals surface area contributed by atoms with Crippen molar-refractivity contribution in [1.82, 2.24) is 10.2 Å². The Kier molecular flexibility index (Phi) is 3.18. The second-order valence-electron chi connectivity index (χ2n) is 3.67. The van der Waals surface area contributed by atoms with Crippen LogP contribution in [-0.4, -0.2) is 24.4 Å². The molecule has 1 aromatic carbocycles. The lowest BCUT2D eigenvalue weighted by atomic mass is 10.1. The Morgan fingerprint density at radius 1 is 1.24 bits per heavy atom. The van der Waals surface area contributed by atoms with Gasteiger partial charge < -0.3 is 15.2 Å². The van der Waals surface area contributed by atoms with Crippen molar-refractivity contribution in [2.24, 2.45) is 0 Å². The van der Waals surface area contributed by atoms with Crippen molar-refractivity contribution in [2.45, 2.75) is 6.42 Å². The second-order valence-corrected chi connectivity index (χ2v) is 3.67. The summed E-state index contributed by atoms with van der Waals surface area (Å²) in [5, 5.41) is 6.76. The van der Waals surface area contributed by atoms with Crippen molar-refractivity contribution in [3.8, 4) is 11.5 Å². The summed E-state index contributed by atoms with van der Waals surface area (Å²) in [5.41, 5.74) is 7.52. The number of ether oxygens (including phenoxy) is 2.